The zero-order valence-electron chi connectivity index (χ0n) is 28.6. The van der Waals surface area contributed by atoms with Crippen molar-refractivity contribution in [1.82, 2.24) is 19.9 Å². The van der Waals surface area contributed by atoms with Crippen LogP contribution in [0.25, 0.3) is 20.4 Å². The van der Waals surface area contributed by atoms with Crippen molar-refractivity contribution in [3.8, 4) is 0 Å². The molecule has 0 bridgehead atoms. The van der Waals surface area contributed by atoms with Gasteiger partial charge in [-0.15, -0.1) is 22.7 Å². The summed E-state index contributed by atoms with van der Waals surface area (Å²) in [4.78, 5) is 61.4. The number of unbranched alkanes of at least 4 members (excludes halogenated alkanes) is 10. The molecule has 0 aliphatic carbocycles. The van der Waals surface area contributed by atoms with Crippen LogP contribution in [-0.2, 0) is 12.8 Å². The second-order valence-corrected chi connectivity index (χ2v) is 13.3. The van der Waals surface area contributed by atoms with E-state index in [1.165, 1.54) is 86.9 Å². The number of carbonyl (C=O) groups is 2. The summed E-state index contributed by atoms with van der Waals surface area (Å²) < 4.78 is 0. The number of carboxylic acid groups (broad SMARTS) is 2. The van der Waals surface area contributed by atoms with E-state index in [1.807, 2.05) is 13.8 Å². The fraction of sp³-hybridized carbons (Fsp3) is 0.562. The number of hydrogen-bond donors (Lipinski definition) is 2. The van der Waals surface area contributed by atoms with Gasteiger partial charge in [0.2, 0.25) is 0 Å². The predicted molar refractivity (Wildman–Crippen MR) is 176 cm³/mol. The third-order valence-corrected chi connectivity index (χ3v) is 10.2. The van der Waals surface area contributed by atoms with Crippen LogP contribution in [0, 0.1) is 13.8 Å². The summed E-state index contributed by atoms with van der Waals surface area (Å²) in [7, 11) is 0. The molecule has 0 aliphatic heterocycles. The van der Waals surface area contributed by atoms with Gasteiger partial charge in [0.25, 0.3) is 11.1 Å². The molecule has 0 fully saturated rings. The number of aromatic carboxylic acids is 2. The number of aryl methyl sites for hydroxylation is 4. The first kappa shape index (κ1) is 45.6. The van der Waals surface area contributed by atoms with Crippen LogP contribution >= 0.6 is 22.7 Å². The van der Waals surface area contributed by atoms with E-state index < -0.39 is 34.7 Å². The van der Waals surface area contributed by atoms with E-state index >= 15 is 0 Å². The average molecular weight is 707 g/mol. The molecule has 4 heterocycles. The van der Waals surface area contributed by atoms with Crippen molar-refractivity contribution >= 4 is 55.0 Å². The van der Waals surface area contributed by atoms with Crippen LogP contribution in [0.15, 0.2) is 9.59 Å². The Kier molecular flexibility index (Phi) is 22.4. The summed E-state index contributed by atoms with van der Waals surface area (Å²) in [6, 6.07) is 0. The molecule has 4 N–H and O–H groups in total. The molecule has 4 rings (SSSR count). The normalized spacial score (nSPS) is 10.5. The second-order valence-electron chi connectivity index (χ2n) is 11.1. The van der Waals surface area contributed by atoms with Gasteiger partial charge < -0.3 is 35.2 Å². The Labute approximate surface area is 327 Å². The molecule has 15 heteroatoms. The van der Waals surface area contributed by atoms with Crippen LogP contribution in [0.5, 0.6) is 0 Å². The van der Waals surface area contributed by atoms with Gasteiger partial charge in [0, 0.05) is 9.75 Å². The Morgan fingerprint density at radius 3 is 1.26 bits per heavy atom. The third-order valence-electron chi connectivity index (χ3n) is 7.70. The average Bonchev–Trinajstić information content (AvgIpc) is 3.48. The van der Waals surface area contributed by atoms with Crippen molar-refractivity contribution in [2.24, 2.45) is 0 Å². The number of H-pyrrole nitrogens is 2. The standard InChI is InChI=1S/2C16H22N2O3S.2Na.H2O/c2*1-3-4-5-6-7-8-9-11-10(2)12-14(19)17-13(16(20)21)18-15(12)22-11;;;/h2*3-9H2,1-2H3,(H,20,21)(H,17,18,19);;;1H2/q;;2*+1;/p-2. The van der Waals surface area contributed by atoms with Gasteiger partial charge in [-0.2, -0.15) is 0 Å². The zero-order valence-corrected chi connectivity index (χ0v) is 34.2. The maximum absolute atomic E-state index is 12.0. The van der Waals surface area contributed by atoms with Crippen LogP contribution in [0.3, 0.4) is 0 Å². The first-order chi connectivity index (χ1) is 21.1. The number of hydrogen-bond acceptors (Lipinski definition) is 10. The molecule has 0 amide bonds. The second kappa shape index (κ2) is 23.1. The van der Waals surface area contributed by atoms with Crippen LogP contribution in [0.2, 0.25) is 0 Å². The quantitative estimate of drug-likeness (QED) is 0.101. The van der Waals surface area contributed by atoms with E-state index in [-0.39, 0.29) is 64.6 Å². The maximum atomic E-state index is 12.0. The molecule has 4 aromatic rings. The number of thiophene rings is 2. The number of aromatic amines is 2. The zero-order chi connectivity index (χ0) is 32.2. The van der Waals surface area contributed by atoms with Gasteiger partial charge in [0.1, 0.15) is 21.6 Å². The van der Waals surface area contributed by atoms with Crippen molar-refractivity contribution in [3.63, 3.8) is 0 Å². The molecule has 0 aromatic carbocycles. The van der Waals surface area contributed by atoms with Crippen molar-refractivity contribution in [1.29, 1.82) is 0 Å². The Hall–Kier alpha value is -1.42. The fourth-order valence-corrected chi connectivity index (χ4v) is 7.62. The van der Waals surface area contributed by atoms with E-state index in [9.17, 15) is 29.4 Å². The summed E-state index contributed by atoms with van der Waals surface area (Å²) in [5.41, 5.74) is 1.05. The number of fused-ring (bicyclic) bond motifs is 2. The minimum atomic E-state index is -1.46. The summed E-state index contributed by atoms with van der Waals surface area (Å²) in [5.74, 6) is -3.71. The van der Waals surface area contributed by atoms with Gasteiger partial charge in [-0.3, -0.25) is 9.59 Å². The van der Waals surface area contributed by atoms with Crippen molar-refractivity contribution in [2.75, 3.05) is 0 Å². The SMILES string of the molecule is CCCCCCCCc1sc2nc(C(=O)[O-])[nH]c(=O)c2c1C.CCCCCCCCc1sc2nc(C(=O)[O-])[nH]c(=O)c2c1C.O.[Na+].[Na+]. The maximum Gasteiger partial charge on any atom is 1.00 e. The summed E-state index contributed by atoms with van der Waals surface area (Å²) >= 11 is 2.83. The van der Waals surface area contributed by atoms with Crippen LogP contribution in [0.1, 0.15) is 133 Å². The molecule has 0 unspecified atom stereocenters. The fourth-order valence-electron chi connectivity index (χ4n) is 5.18. The minimum Gasteiger partial charge on any atom is -0.542 e. The topological polar surface area (TPSA) is 203 Å². The number of carboxylic acids is 2. The molecule has 4 aromatic heterocycles. The number of rotatable bonds is 16. The van der Waals surface area contributed by atoms with Crippen molar-refractivity contribution in [2.45, 2.75) is 118 Å². The van der Waals surface area contributed by atoms with Crippen molar-refractivity contribution < 1.29 is 84.4 Å². The Morgan fingerprint density at radius 1 is 0.617 bits per heavy atom. The molecule has 0 aliphatic rings. The molecular weight excluding hydrogens is 662 g/mol. The van der Waals surface area contributed by atoms with E-state index in [1.54, 1.807) is 0 Å². The monoisotopic (exact) mass is 706 g/mol. The minimum absolute atomic E-state index is 0. The molecular formula is C32H44N4Na2O7S2. The molecule has 0 atom stereocenters. The van der Waals surface area contributed by atoms with E-state index in [0.29, 0.717) is 20.4 Å². The number of nitrogens with zero attached hydrogens (tertiary/aromatic N) is 2. The molecule has 0 radical (unpaired) electrons. The van der Waals surface area contributed by atoms with Crippen LogP contribution in [-0.4, -0.2) is 37.4 Å². The smallest absolute Gasteiger partial charge is 0.542 e. The molecule has 0 saturated heterocycles. The Bertz CT molecular complexity index is 1570. The predicted octanol–water partition coefficient (Wildman–Crippen LogP) is -1.70. The third kappa shape index (κ3) is 13.1. The van der Waals surface area contributed by atoms with Gasteiger partial charge in [0.05, 0.1) is 10.8 Å². The number of nitrogens with one attached hydrogen (secondary N) is 2. The first-order valence-corrected chi connectivity index (χ1v) is 17.2. The van der Waals surface area contributed by atoms with E-state index in [0.717, 1.165) is 46.6 Å². The number of carbonyl (C=O) groups excluding carboxylic acids is 2. The summed E-state index contributed by atoms with van der Waals surface area (Å²) in [6.07, 6.45) is 16.5. The first-order valence-electron chi connectivity index (χ1n) is 15.6. The van der Waals surface area contributed by atoms with Crippen LogP contribution < -0.4 is 80.4 Å². The van der Waals surface area contributed by atoms with Gasteiger partial charge >= 0.3 is 59.1 Å². The number of aromatic nitrogens is 4. The van der Waals surface area contributed by atoms with E-state index in [2.05, 4.69) is 33.8 Å². The van der Waals surface area contributed by atoms with Gasteiger partial charge in [-0.05, 0) is 50.7 Å². The summed E-state index contributed by atoms with van der Waals surface area (Å²) in [6.45, 7) is 8.21. The molecule has 248 valence electrons. The Balaban J connectivity index is 0.000000846. The van der Waals surface area contributed by atoms with Gasteiger partial charge in [-0.1, -0.05) is 78.1 Å². The Morgan fingerprint density at radius 2 is 0.936 bits per heavy atom. The summed E-state index contributed by atoms with van der Waals surface area (Å²) in [5, 5.41) is 22.7. The molecule has 0 spiro atoms. The molecule has 11 nitrogen and oxygen atoms in total. The molecule has 47 heavy (non-hydrogen) atoms. The largest absolute Gasteiger partial charge is 1.00 e. The van der Waals surface area contributed by atoms with Crippen molar-refractivity contribution in [3.05, 3.63) is 53.2 Å². The molecule has 0 saturated carbocycles. The van der Waals surface area contributed by atoms with E-state index in [4.69, 9.17) is 0 Å². The van der Waals surface area contributed by atoms with Crippen LogP contribution in [0.4, 0.5) is 0 Å². The van der Waals surface area contributed by atoms with Gasteiger partial charge in [-0.25, -0.2) is 9.97 Å². The van der Waals surface area contributed by atoms with Gasteiger partial charge in [0.15, 0.2) is 11.6 Å².